The van der Waals surface area contributed by atoms with Gasteiger partial charge in [-0.25, -0.2) is 4.39 Å². The lowest BCUT2D eigenvalue weighted by atomic mass is 10.0. The Morgan fingerprint density at radius 2 is 1.58 bits per heavy atom. The molecule has 0 aliphatic heterocycles. The highest BCUT2D eigenvalue weighted by Crippen LogP contribution is 2.41. The zero-order valence-corrected chi connectivity index (χ0v) is 6.88. The molecule has 0 spiro atoms. The van der Waals surface area contributed by atoms with Crippen LogP contribution in [-0.4, -0.2) is 18.0 Å². The van der Waals surface area contributed by atoms with Gasteiger partial charge in [0.25, 0.3) is 0 Å². The summed E-state index contributed by atoms with van der Waals surface area (Å²) in [6.07, 6.45) is -3.91. The van der Waals surface area contributed by atoms with E-state index in [9.17, 15) is 22.0 Å². The Morgan fingerprint density at radius 3 is 1.83 bits per heavy atom. The van der Waals surface area contributed by atoms with E-state index in [1.807, 2.05) is 0 Å². The van der Waals surface area contributed by atoms with Crippen molar-refractivity contribution in [2.45, 2.75) is 44.7 Å². The van der Waals surface area contributed by atoms with Crippen molar-refractivity contribution in [1.82, 2.24) is 0 Å². The van der Waals surface area contributed by atoms with Crippen LogP contribution in [-0.2, 0) is 0 Å². The van der Waals surface area contributed by atoms with Crippen molar-refractivity contribution in [3.63, 3.8) is 0 Å². The highest BCUT2D eigenvalue weighted by molar-refractivity contribution is 4.88. The molecule has 0 unspecified atom stereocenters. The lowest BCUT2D eigenvalue weighted by molar-refractivity contribution is -0.238. The number of rotatable bonds is 4. The zero-order chi connectivity index (χ0) is 9.99. The summed E-state index contributed by atoms with van der Waals surface area (Å²) in [6, 6.07) is 0. The van der Waals surface area contributed by atoms with E-state index in [2.05, 4.69) is 0 Å². The molecule has 0 N–H and O–H groups in total. The van der Waals surface area contributed by atoms with Crippen molar-refractivity contribution in [2.75, 3.05) is 0 Å². The molecule has 0 radical (unpaired) electrons. The largest absolute Gasteiger partial charge is 0.340 e. The van der Waals surface area contributed by atoms with E-state index in [0.29, 0.717) is 6.92 Å². The van der Waals surface area contributed by atoms with Gasteiger partial charge in [0.2, 0.25) is 0 Å². The molecule has 0 heterocycles. The quantitative estimate of drug-likeness (QED) is 0.596. The minimum absolute atomic E-state index is 0.102. The molecule has 0 amide bonds. The van der Waals surface area contributed by atoms with E-state index in [-0.39, 0.29) is 6.42 Å². The highest BCUT2D eigenvalue weighted by atomic mass is 19.3. The Hall–Kier alpha value is -0.350. The Kier molecular flexibility index (Phi) is 3.47. The number of hydrogen-bond acceptors (Lipinski definition) is 0. The average Bonchev–Trinajstić information content (AvgIpc) is 1.86. The maximum atomic E-state index is 12.5. The molecule has 0 bridgehead atoms. The summed E-state index contributed by atoms with van der Waals surface area (Å²) >= 11 is 0. The molecule has 0 aromatic rings. The molecule has 0 aromatic carbocycles. The molecule has 0 aromatic heterocycles. The molecule has 74 valence electrons. The molecule has 0 nitrogen and oxygen atoms in total. The van der Waals surface area contributed by atoms with E-state index in [1.165, 1.54) is 6.92 Å². The van der Waals surface area contributed by atoms with Crippen LogP contribution in [0.1, 0.15) is 26.7 Å². The monoisotopic (exact) mass is 190 g/mol. The van der Waals surface area contributed by atoms with Gasteiger partial charge in [0, 0.05) is 6.42 Å². The minimum Gasteiger partial charge on any atom is -0.241 e. The van der Waals surface area contributed by atoms with E-state index >= 15 is 0 Å². The minimum atomic E-state index is -4.55. The van der Waals surface area contributed by atoms with Gasteiger partial charge in [0.1, 0.15) is 0 Å². The van der Waals surface area contributed by atoms with Gasteiger partial charge in [-0.3, -0.25) is 0 Å². The van der Waals surface area contributed by atoms with Crippen LogP contribution in [0.2, 0.25) is 0 Å². The van der Waals surface area contributed by atoms with Gasteiger partial charge in [-0.1, -0.05) is 13.3 Å². The van der Waals surface area contributed by atoms with Gasteiger partial charge in [-0.15, -0.1) is 0 Å². The predicted molar refractivity (Wildman–Crippen MR) is 35.4 cm³/mol. The van der Waals surface area contributed by atoms with E-state index in [1.54, 1.807) is 0 Å². The molecule has 0 saturated carbocycles. The SMILES string of the molecule is CCCC(F)(F)C(F)(F)[C@H](C)F. The van der Waals surface area contributed by atoms with E-state index < -0.39 is 24.4 Å². The van der Waals surface area contributed by atoms with Crippen molar-refractivity contribution < 1.29 is 22.0 Å². The average molecular weight is 190 g/mol. The maximum Gasteiger partial charge on any atom is 0.340 e. The molecule has 5 heteroatoms. The van der Waals surface area contributed by atoms with Gasteiger partial charge in [-0.05, 0) is 6.92 Å². The second-order valence-electron chi connectivity index (χ2n) is 2.69. The van der Waals surface area contributed by atoms with E-state index in [0.717, 1.165) is 0 Å². The van der Waals surface area contributed by atoms with Crippen LogP contribution < -0.4 is 0 Å². The molecule has 0 aliphatic carbocycles. The third-order valence-corrected chi connectivity index (χ3v) is 1.55. The fourth-order valence-electron chi connectivity index (χ4n) is 0.772. The fourth-order valence-corrected chi connectivity index (χ4v) is 0.772. The van der Waals surface area contributed by atoms with Crippen molar-refractivity contribution in [1.29, 1.82) is 0 Å². The molecule has 12 heavy (non-hydrogen) atoms. The summed E-state index contributed by atoms with van der Waals surface area (Å²) in [5.74, 6) is -8.79. The predicted octanol–water partition coefficient (Wildman–Crippen LogP) is 3.42. The van der Waals surface area contributed by atoms with Crippen LogP contribution in [0.15, 0.2) is 0 Å². The summed E-state index contributed by atoms with van der Waals surface area (Å²) < 4.78 is 61.8. The topological polar surface area (TPSA) is 0 Å². The third kappa shape index (κ3) is 2.08. The highest BCUT2D eigenvalue weighted by Gasteiger charge is 2.59. The molecule has 0 aliphatic rings. The lowest BCUT2D eigenvalue weighted by Crippen LogP contribution is -2.46. The maximum absolute atomic E-state index is 12.5. The van der Waals surface area contributed by atoms with Gasteiger partial charge in [0.05, 0.1) is 0 Å². The first-order valence-corrected chi connectivity index (χ1v) is 3.65. The summed E-state index contributed by atoms with van der Waals surface area (Å²) in [5, 5.41) is 0. The van der Waals surface area contributed by atoms with Gasteiger partial charge < -0.3 is 0 Å². The normalized spacial score (nSPS) is 16.2. The number of halogens is 5. The van der Waals surface area contributed by atoms with Crippen molar-refractivity contribution in [3.8, 4) is 0 Å². The Labute approximate surface area is 67.8 Å². The van der Waals surface area contributed by atoms with Gasteiger partial charge in [-0.2, -0.15) is 17.6 Å². The molecule has 0 saturated heterocycles. The fraction of sp³-hybridized carbons (Fsp3) is 1.00. The lowest BCUT2D eigenvalue weighted by Gasteiger charge is -2.27. The smallest absolute Gasteiger partial charge is 0.241 e. The van der Waals surface area contributed by atoms with Crippen LogP contribution >= 0.6 is 0 Å². The summed E-state index contributed by atoms with van der Waals surface area (Å²) in [4.78, 5) is 0. The molecule has 1 atom stereocenters. The Morgan fingerprint density at radius 1 is 1.17 bits per heavy atom. The Balaban J connectivity index is 4.50. The van der Waals surface area contributed by atoms with Crippen LogP contribution in [0.5, 0.6) is 0 Å². The van der Waals surface area contributed by atoms with Gasteiger partial charge in [0.15, 0.2) is 6.17 Å². The van der Waals surface area contributed by atoms with Crippen LogP contribution in [0, 0.1) is 0 Å². The van der Waals surface area contributed by atoms with Crippen molar-refractivity contribution in [3.05, 3.63) is 0 Å². The van der Waals surface area contributed by atoms with Crippen LogP contribution in [0.25, 0.3) is 0 Å². The second-order valence-corrected chi connectivity index (χ2v) is 2.69. The molecular weight excluding hydrogens is 179 g/mol. The first kappa shape index (κ1) is 11.6. The van der Waals surface area contributed by atoms with E-state index in [4.69, 9.17) is 0 Å². The number of alkyl halides is 5. The first-order valence-electron chi connectivity index (χ1n) is 3.65. The standard InChI is InChI=1S/C7H11F5/c1-3-4-6(9,10)7(11,12)5(2)8/h5H,3-4H2,1-2H3/t5-/m0/s1. The van der Waals surface area contributed by atoms with Crippen molar-refractivity contribution >= 4 is 0 Å². The molecule has 0 fully saturated rings. The summed E-state index contributed by atoms with van der Waals surface area (Å²) in [7, 11) is 0. The second kappa shape index (κ2) is 3.58. The van der Waals surface area contributed by atoms with Crippen molar-refractivity contribution in [2.24, 2.45) is 0 Å². The summed E-state index contributed by atoms with van der Waals surface area (Å²) in [5.41, 5.74) is 0. The first-order chi connectivity index (χ1) is 5.25. The van der Waals surface area contributed by atoms with Crippen LogP contribution in [0.3, 0.4) is 0 Å². The Bertz CT molecular complexity index is 141. The van der Waals surface area contributed by atoms with Crippen LogP contribution in [0.4, 0.5) is 22.0 Å². The zero-order valence-electron chi connectivity index (χ0n) is 6.88. The molecular formula is C7H11F5. The number of hydrogen-bond donors (Lipinski definition) is 0. The summed E-state index contributed by atoms with van der Waals surface area (Å²) in [6.45, 7) is 1.77. The third-order valence-electron chi connectivity index (χ3n) is 1.55. The molecule has 0 rings (SSSR count). The van der Waals surface area contributed by atoms with Gasteiger partial charge >= 0.3 is 11.8 Å².